The maximum absolute atomic E-state index is 14.3. The number of aliphatic hydroxyl groups is 2. The van der Waals surface area contributed by atoms with Gasteiger partial charge in [0.25, 0.3) is 0 Å². The Morgan fingerprint density at radius 1 is 0.400 bits per heavy atom. The van der Waals surface area contributed by atoms with Crippen molar-refractivity contribution in [3.8, 4) is 0 Å². The highest BCUT2D eigenvalue weighted by Gasteiger charge is 2.35. The van der Waals surface area contributed by atoms with Crippen molar-refractivity contribution in [3.05, 3.63) is 0 Å². The van der Waals surface area contributed by atoms with Gasteiger partial charge in [-0.2, -0.15) is 0 Å². The van der Waals surface area contributed by atoms with Crippen molar-refractivity contribution in [2.24, 2.45) is 61.8 Å². The number of carboxylic acid groups (broad SMARTS) is 1. The van der Waals surface area contributed by atoms with Gasteiger partial charge in [0.1, 0.15) is 48.3 Å². The van der Waals surface area contributed by atoms with E-state index in [0.717, 1.165) is 0 Å². The number of guanidine groups is 2. The minimum absolute atomic E-state index is 0.0111. The van der Waals surface area contributed by atoms with Crippen molar-refractivity contribution in [1.82, 2.24) is 42.5 Å². The fraction of sp³-hybridized carbons (Fsp3) is 0.756. The number of hydrogen-bond acceptors (Lipinski definition) is 17. The summed E-state index contributed by atoms with van der Waals surface area (Å²) in [4.78, 5) is 129. The van der Waals surface area contributed by atoms with Crippen molar-refractivity contribution < 1.29 is 58.5 Å². The van der Waals surface area contributed by atoms with Gasteiger partial charge in [0.15, 0.2) is 11.9 Å². The molecule has 0 radical (unpaired) electrons. The molecule has 0 unspecified atom stereocenters. The van der Waals surface area contributed by atoms with Crippen LogP contribution >= 0.6 is 0 Å². The normalized spacial score (nSPS) is 14.6. The predicted molar refractivity (Wildman–Crippen MR) is 279 cm³/mol. The summed E-state index contributed by atoms with van der Waals surface area (Å²) in [6.07, 6.45) is 2.39. The third-order valence-corrected chi connectivity index (χ3v) is 11.3. The second kappa shape index (κ2) is 39.0. The summed E-state index contributed by atoms with van der Waals surface area (Å²) in [5.74, 6) is -8.97. The molecule has 0 heterocycles. The van der Waals surface area contributed by atoms with Gasteiger partial charge in [-0.1, -0.05) is 13.8 Å². The van der Waals surface area contributed by atoms with Gasteiger partial charge in [0.05, 0.1) is 19.3 Å². The molecular weight excluding hydrogens is 985 g/mol. The molecule has 0 aliphatic carbocycles. The van der Waals surface area contributed by atoms with Gasteiger partial charge in [0, 0.05) is 13.1 Å². The number of hydrogen-bond donors (Lipinski definition) is 19. The first-order chi connectivity index (χ1) is 35.5. The summed E-state index contributed by atoms with van der Waals surface area (Å²) >= 11 is 0. The zero-order valence-corrected chi connectivity index (χ0v) is 43.7. The zero-order valence-electron chi connectivity index (χ0n) is 43.7. The number of nitrogens with two attached hydrogens (primary N) is 8. The van der Waals surface area contributed by atoms with Gasteiger partial charge in [-0.25, -0.2) is 4.79 Å². The standard InChI is InChI=1S/C45H88N18O12/c1-25(2)22-32(43(74)75)61-39(70)28(13-5-8-18-47)57-37(68)30(15-10-20-54-44(50)51)58-36(67)27(12-4-7-17-46)56-38(69)31(16-11-21-55-45(52)53)60-42(73)34(24-65)63-40(71)29(14-6-9-19-48)59-41(72)33(23-64)62-35(66)26(3)49/h25-34,64-65H,4-24,46-49H2,1-3H3,(H,56,69)(H,57,68)(H,58,67)(H,59,72)(H,60,73)(H,61,70)(H,62,66)(H,63,71)(H,74,75)(H4,50,51,54)(H4,52,53,55)/t26-,27-,28-,29-,30-,31-,32-,33-,34-/m0/s1. The molecule has 8 amide bonds. The highest BCUT2D eigenvalue weighted by atomic mass is 16.4. The van der Waals surface area contributed by atoms with E-state index in [0.29, 0.717) is 38.5 Å². The van der Waals surface area contributed by atoms with Crippen molar-refractivity contribution in [2.45, 2.75) is 165 Å². The Balaban J connectivity index is 6.89. The van der Waals surface area contributed by atoms with Crippen LogP contribution in [0.1, 0.15) is 111 Å². The fourth-order valence-corrected chi connectivity index (χ4v) is 7.12. The quantitative estimate of drug-likeness (QED) is 0.0154. The lowest BCUT2D eigenvalue weighted by molar-refractivity contribution is -0.143. The summed E-state index contributed by atoms with van der Waals surface area (Å²) in [6, 6.07) is -12.3. The molecule has 0 saturated carbocycles. The molecule has 0 bridgehead atoms. The van der Waals surface area contributed by atoms with Gasteiger partial charge in [-0.15, -0.1) is 0 Å². The highest BCUT2D eigenvalue weighted by molar-refractivity contribution is 5.98. The van der Waals surface area contributed by atoms with Crippen LogP contribution in [0.2, 0.25) is 0 Å². The number of rotatable bonds is 41. The molecular formula is C45H88N18O12. The Morgan fingerprint density at radius 2 is 0.653 bits per heavy atom. The number of unbranched alkanes of at least 4 members (excludes halogenated alkanes) is 3. The molecule has 0 fully saturated rings. The number of carbonyl (C=O) groups is 9. The van der Waals surface area contributed by atoms with Crippen LogP contribution in [0.4, 0.5) is 0 Å². The lowest BCUT2D eigenvalue weighted by Crippen LogP contribution is -2.61. The minimum Gasteiger partial charge on any atom is -0.480 e. The molecule has 0 aromatic heterocycles. The monoisotopic (exact) mass is 1070 g/mol. The summed E-state index contributed by atoms with van der Waals surface area (Å²) in [6.45, 7) is 3.82. The Kier molecular flexibility index (Phi) is 35.6. The molecule has 0 aliphatic rings. The Labute approximate surface area is 438 Å². The first kappa shape index (κ1) is 68.5. The number of nitrogens with one attached hydrogen (secondary N) is 8. The first-order valence-corrected chi connectivity index (χ1v) is 25.3. The topological polar surface area (TPSA) is 543 Å². The maximum atomic E-state index is 14.3. The lowest BCUT2D eigenvalue weighted by Gasteiger charge is -2.28. The third-order valence-electron chi connectivity index (χ3n) is 11.3. The Morgan fingerprint density at radius 3 is 0.893 bits per heavy atom. The van der Waals surface area contributed by atoms with E-state index in [2.05, 4.69) is 52.5 Å². The van der Waals surface area contributed by atoms with Crippen LogP contribution in [0.3, 0.4) is 0 Å². The molecule has 9 atom stereocenters. The molecule has 30 nitrogen and oxygen atoms in total. The average Bonchev–Trinajstić information content (AvgIpc) is 3.34. The van der Waals surface area contributed by atoms with Crippen LogP contribution < -0.4 is 88.4 Å². The smallest absolute Gasteiger partial charge is 0.326 e. The fourth-order valence-electron chi connectivity index (χ4n) is 7.12. The van der Waals surface area contributed by atoms with Gasteiger partial charge in [-0.05, 0) is 122 Å². The van der Waals surface area contributed by atoms with E-state index in [4.69, 9.17) is 45.9 Å². The summed E-state index contributed by atoms with van der Waals surface area (Å²) < 4.78 is 0. The first-order valence-electron chi connectivity index (χ1n) is 25.3. The molecule has 0 aromatic carbocycles. The van der Waals surface area contributed by atoms with Crippen LogP contribution in [-0.2, 0) is 43.2 Å². The SMILES string of the molecule is CC(C)C[C@H](NC(=O)[C@H](CCCCN)NC(=O)[C@H](CCCN=C(N)N)NC(=O)[C@H](CCCCN)NC(=O)[C@H](CCCN=C(N)N)NC(=O)[C@H](CO)NC(=O)[C@H](CCCCN)NC(=O)[C@H](CO)NC(=O)[C@H](C)N)C(=O)O. The molecule has 30 heteroatoms. The highest BCUT2D eigenvalue weighted by Crippen LogP contribution is 2.11. The molecule has 430 valence electrons. The number of amides is 8. The van der Waals surface area contributed by atoms with E-state index >= 15 is 0 Å². The molecule has 75 heavy (non-hydrogen) atoms. The molecule has 0 aromatic rings. The van der Waals surface area contributed by atoms with Crippen molar-refractivity contribution >= 4 is 65.1 Å². The molecule has 27 N–H and O–H groups in total. The maximum Gasteiger partial charge on any atom is 0.326 e. The van der Waals surface area contributed by atoms with E-state index in [-0.39, 0.29) is 102 Å². The lowest BCUT2D eigenvalue weighted by atomic mass is 10.0. The molecule has 0 rings (SSSR count). The van der Waals surface area contributed by atoms with Crippen LogP contribution in [-0.4, -0.2) is 181 Å². The average molecular weight is 1070 g/mol. The number of carbonyl (C=O) groups excluding carboxylic acids is 8. The largest absolute Gasteiger partial charge is 0.480 e. The Hall–Kier alpha value is -6.47. The second-order valence-electron chi connectivity index (χ2n) is 18.4. The molecule has 0 spiro atoms. The number of carboxylic acids is 1. The van der Waals surface area contributed by atoms with Gasteiger partial charge in [-0.3, -0.25) is 48.3 Å². The second-order valence-corrected chi connectivity index (χ2v) is 18.4. The van der Waals surface area contributed by atoms with E-state index in [9.17, 15) is 58.5 Å². The van der Waals surface area contributed by atoms with E-state index < -0.39 is 121 Å². The van der Waals surface area contributed by atoms with Gasteiger partial charge in [0.2, 0.25) is 47.3 Å². The van der Waals surface area contributed by atoms with Crippen LogP contribution in [0.25, 0.3) is 0 Å². The summed E-state index contributed by atoms with van der Waals surface area (Å²) in [7, 11) is 0. The Bertz CT molecular complexity index is 1850. The molecule has 0 saturated heterocycles. The van der Waals surface area contributed by atoms with Crippen molar-refractivity contribution in [3.63, 3.8) is 0 Å². The van der Waals surface area contributed by atoms with E-state index in [1.165, 1.54) is 6.92 Å². The number of aliphatic hydroxyl groups excluding tert-OH is 2. The summed E-state index contributed by atoms with van der Waals surface area (Å²) in [5, 5.41) is 49.9. The van der Waals surface area contributed by atoms with Crippen molar-refractivity contribution in [1.29, 1.82) is 0 Å². The summed E-state index contributed by atoms with van der Waals surface area (Å²) in [5.41, 5.74) is 44.6. The number of aliphatic imine (C=N–C) groups is 2. The molecule has 0 aliphatic heterocycles. The van der Waals surface area contributed by atoms with E-state index in [1.807, 2.05) is 0 Å². The zero-order chi connectivity index (χ0) is 57.0. The number of nitrogens with zero attached hydrogens (tertiary/aromatic N) is 2. The van der Waals surface area contributed by atoms with Crippen LogP contribution in [0.5, 0.6) is 0 Å². The van der Waals surface area contributed by atoms with E-state index in [1.54, 1.807) is 13.8 Å². The third kappa shape index (κ3) is 29.9. The van der Waals surface area contributed by atoms with Gasteiger partial charge >= 0.3 is 5.97 Å². The number of aliphatic carboxylic acids is 1. The van der Waals surface area contributed by atoms with Crippen LogP contribution in [0.15, 0.2) is 9.98 Å². The van der Waals surface area contributed by atoms with Crippen LogP contribution in [0, 0.1) is 5.92 Å². The van der Waals surface area contributed by atoms with Crippen molar-refractivity contribution in [2.75, 3.05) is 45.9 Å². The van der Waals surface area contributed by atoms with Gasteiger partial charge < -0.3 is 104 Å². The predicted octanol–water partition coefficient (Wildman–Crippen LogP) is -7.18. The minimum atomic E-state index is -1.72.